The van der Waals surface area contributed by atoms with Gasteiger partial charge in [-0.1, -0.05) is 18.2 Å². The van der Waals surface area contributed by atoms with Gasteiger partial charge in [0.25, 0.3) is 17.7 Å². The fourth-order valence-corrected chi connectivity index (χ4v) is 2.92. The van der Waals surface area contributed by atoms with E-state index in [1.165, 1.54) is 18.2 Å². The Morgan fingerprint density at radius 3 is 2.32 bits per heavy atom. The van der Waals surface area contributed by atoms with Crippen molar-refractivity contribution in [2.45, 2.75) is 0 Å². The monoisotopic (exact) mass is 336 g/mol. The van der Waals surface area contributed by atoms with Gasteiger partial charge in [-0.2, -0.15) is 0 Å². The van der Waals surface area contributed by atoms with E-state index in [1.54, 1.807) is 30.3 Å². The maximum absolute atomic E-state index is 12.7. The van der Waals surface area contributed by atoms with Crippen molar-refractivity contribution in [3.63, 3.8) is 0 Å². The van der Waals surface area contributed by atoms with E-state index >= 15 is 0 Å². The molecule has 7 heteroatoms. The fraction of sp³-hybridized carbons (Fsp3) is 0.111. The minimum absolute atomic E-state index is 0.146. The van der Waals surface area contributed by atoms with Gasteiger partial charge in [-0.15, -0.1) is 0 Å². The molecule has 1 fully saturated rings. The van der Waals surface area contributed by atoms with Crippen molar-refractivity contribution in [3.05, 3.63) is 65.2 Å². The van der Waals surface area contributed by atoms with Gasteiger partial charge in [0.1, 0.15) is 6.61 Å². The summed E-state index contributed by atoms with van der Waals surface area (Å²) in [5, 5.41) is 0. The first-order chi connectivity index (χ1) is 12.1. The third kappa shape index (κ3) is 2.28. The predicted molar refractivity (Wildman–Crippen MR) is 86.4 cm³/mol. The van der Waals surface area contributed by atoms with Gasteiger partial charge < -0.3 is 4.74 Å². The minimum Gasteiger partial charge on any atom is -0.447 e. The first-order valence-corrected chi connectivity index (χ1v) is 7.64. The summed E-state index contributed by atoms with van der Waals surface area (Å²) in [7, 11) is 0. The van der Waals surface area contributed by atoms with E-state index in [2.05, 4.69) is 0 Å². The summed E-state index contributed by atoms with van der Waals surface area (Å²) in [4.78, 5) is 51.2. The number of benzene rings is 2. The summed E-state index contributed by atoms with van der Waals surface area (Å²) in [5.41, 5.74) is 1.00. The SMILES string of the molecule is O=C1OCCN1C(=O)c1ccc2c(c1)C(=O)N(c1ccccc1)C2=O. The molecule has 0 bridgehead atoms. The molecule has 0 spiro atoms. The molecule has 0 radical (unpaired) electrons. The molecule has 2 heterocycles. The second kappa shape index (κ2) is 5.55. The molecule has 7 nitrogen and oxygen atoms in total. The lowest BCUT2D eigenvalue weighted by atomic mass is 10.0. The van der Waals surface area contributed by atoms with E-state index < -0.39 is 23.8 Å². The molecule has 2 aliphatic rings. The normalized spacial score (nSPS) is 16.2. The molecule has 0 aromatic heterocycles. The van der Waals surface area contributed by atoms with Crippen LogP contribution >= 0.6 is 0 Å². The van der Waals surface area contributed by atoms with Crippen LogP contribution in [0.3, 0.4) is 0 Å². The number of nitrogens with zero attached hydrogens (tertiary/aromatic N) is 2. The molecule has 0 saturated carbocycles. The van der Waals surface area contributed by atoms with Gasteiger partial charge in [-0.05, 0) is 30.3 Å². The molecule has 124 valence electrons. The predicted octanol–water partition coefficient (Wildman–Crippen LogP) is 2.08. The lowest BCUT2D eigenvalue weighted by Gasteiger charge is -2.13. The highest BCUT2D eigenvalue weighted by Gasteiger charge is 2.38. The number of rotatable bonds is 2. The highest BCUT2D eigenvalue weighted by molar-refractivity contribution is 6.34. The fourth-order valence-electron chi connectivity index (χ4n) is 2.92. The van der Waals surface area contributed by atoms with Crippen molar-refractivity contribution >= 4 is 29.5 Å². The Labute approximate surface area is 142 Å². The molecule has 25 heavy (non-hydrogen) atoms. The van der Waals surface area contributed by atoms with Gasteiger partial charge >= 0.3 is 6.09 Å². The summed E-state index contributed by atoms with van der Waals surface area (Å²) in [6.45, 7) is 0.312. The molecular weight excluding hydrogens is 324 g/mol. The molecule has 1 saturated heterocycles. The maximum Gasteiger partial charge on any atom is 0.416 e. The van der Waals surface area contributed by atoms with Gasteiger partial charge in [-0.25, -0.2) is 14.6 Å². The number of anilines is 1. The van der Waals surface area contributed by atoms with E-state index in [-0.39, 0.29) is 29.8 Å². The molecular formula is C18H12N2O5. The molecule has 4 amide bonds. The Balaban J connectivity index is 1.70. The zero-order valence-electron chi connectivity index (χ0n) is 13.0. The van der Waals surface area contributed by atoms with Crippen molar-refractivity contribution in [1.82, 2.24) is 4.90 Å². The lowest BCUT2D eigenvalue weighted by Crippen LogP contribution is -2.31. The van der Waals surface area contributed by atoms with Gasteiger partial charge in [0.05, 0.1) is 23.4 Å². The van der Waals surface area contributed by atoms with Gasteiger partial charge in [0.15, 0.2) is 0 Å². The average molecular weight is 336 g/mol. The minimum atomic E-state index is -0.709. The third-order valence-corrected chi connectivity index (χ3v) is 4.15. The number of cyclic esters (lactones) is 1. The number of amides is 4. The first kappa shape index (κ1) is 15.1. The summed E-state index contributed by atoms with van der Waals surface area (Å²) in [6.07, 6.45) is -0.709. The molecule has 0 aliphatic carbocycles. The van der Waals surface area contributed by atoms with Crippen LogP contribution in [0.2, 0.25) is 0 Å². The molecule has 2 aromatic rings. The highest BCUT2D eigenvalue weighted by atomic mass is 16.6. The Morgan fingerprint density at radius 2 is 1.64 bits per heavy atom. The number of imide groups is 2. The Hall–Kier alpha value is -3.48. The third-order valence-electron chi connectivity index (χ3n) is 4.15. The van der Waals surface area contributed by atoms with E-state index in [0.717, 1.165) is 9.80 Å². The molecule has 2 aliphatic heterocycles. The van der Waals surface area contributed by atoms with Crippen LogP contribution in [0.4, 0.5) is 10.5 Å². The second-order valence-electron chi connectivity index (χ2n) is 5.61. The van der Waals surface area contributed by atoms with Gasteiger partial charge in [0.2, 0.25) is 0 Å². The van der Waals surface area contributed by atoms with E-state index in [9.17, 15) is 19.2 Å². The number of hydrogen-bond acceptors (Lipinski definition) is 5. The molecule has 2 aromatic carbocycles. The summed E-state index contributed by atoms with van der Waals surface area (Å²) < 4.78 is 4.75. The van der Waals surface area contributed by atoms with Crippen LogP contribution in [0.25, 0.3) is 0 Å². The largest absolute Gasteiger partial charge is 0.447 e. The molecule has 4 rings (SSSR count). The highest BCUT2D eigenvalue weighted by Crippen LogP contribution is 2.29. The first-order valence-electron chi connectivity index (χ1n) is 7.64. The van der Waals surface area contributed by atoms with Crippen LogP contribution in [0.15, 0.2) is 48.5 Å². The maximum atomic E-state index is 12.7. The molecule has 0 N–H and O–H groups in total. The van der Waals surface area contributed by atoms with Crippen molar-refractivity contribution in [1.29, 1.82) is 0 Å². The molecule has 0 atom stereocenters. The summed E-state index contributed by atoms with van der Waals surface area (Å²) in [5.74, 6) is -1.49. The number of carbonyl (C=O) groups excluding carboxylic acids is 4. The number of ether oxygens (including phenoxy) is 1. The Bertz CT molecular complexity index is 922. The van der Waals surface area contributed by atoms with Crippen LogP contribution < -0.4 is 4.90 Å². The van der Waals surface area contributed by atoms with Gasteiger partial charge in [0, 0.05) is 5.56 Å². The average Bonchev–Trinajstić information content (AvgIpc) is 3.17. The number of carbonyl (C=O) groups is 4. The Morgan fingerprint density at radius 1 is 0.920 bits per heavy atom. The van der Waals surface area contributed by atoms with Crippen molar-refractivity contribution in [3.8, 4) is 0 Å². The lowest BCUT2D eigenvalue weighted by molar-refractivity contribution is 0.0808. The van der Waals surface area contributed by atoms with Crippen LogP contribution in [0.1, 0.15) is 31.1 Å². The zero-order chi connectivity index (χ0) is 17.6. The van der Waals surface area contributed by atoms with Crippen LogP contribution in [-0.4, -0.2) is 41.9 Å². The number of hydrogen-bond donors (Lipinski definition) is 0. The van der Waals surface area contributed by atoms with Crippen molar-refractivity contribution < 1.29 is 23.9 Å². The van der Waals surface area contributed by atoms with Crippen LogP contribution in [-0.2, 0) is 4.74 Å². The summed E-state index contributed by atoms with van der Waals surface area (Å²) >= 11 is 0. The summed E-state index contributed by atoms with van der Waals surface area (Å²) in [6, 6.07) is 12.8. The van der Waals surface area contributed by atoms with Crippen LogP contribution in [0, 0.1) is 0 Å². The number of para-hydroxylation sites is 1. The van der Waals surface area contributed by atoms with E-state index in [1.807, 2.05) is 0 Å². The topological polar surface area (TPSA) is 84.0 Å². The zero-order valence-corrected chi connectivity index (χ0v) is 13.0. The van der Waals surface area contributed by atoms with Crippen molar-refractivity contribution in [2.24, 2.45) is 0 Å². The van der Waals surface area contributed by atoms with E-state index in [0.29, 0.717) is 5.69 Å². The number of fused-ring (bicyclic) bond motifs is 1. The van der Waals surface area contributed by atoms with E-state index in [4.69, 9.17) is 4.74 Å². The van der Waals surface area contributed by atoms with Crippen LogP contribution in [0.5, 0.6) is 0 Å². The van der Waals surface area contributed by atoms with Crippen molar-refractivity contribution in [2.75, 3.05) is 18.1 Å². The quantitative estimate of drug-likeness (QED) is 0.784. The second-order valence-corrected chi connectivity index (χ2v) is 5.61. The standard InChI is InChI=1S/C18H12N2O5/c21-15(19-8-9-25-18(19)24)11-6-7-13-14(10-11)17(23)20(16(13)22)12-4-2-1-3-5-12/h1-7,10H,8-9H2. The van der Waals surface area contributed by atoms with Gasteiger partial charge in [-0.3, -0.25) is 14.4 Å². The molecule has 0 unspecified atom stereocenters. The smallest absolute Gasteiger partial charge is 0.416 e. The Kier molecular flexibility index (Phi) is 3.35.